The second-order valence-corrected chi connectivity index (χ2v) is 9.09. The summed E-state index contributed by atoms with van der Waals surface area (Å²) in [6, 6.07) is 15.8. The highest BCUT2D eigenvalue weighted by Crippen LogP contribution is 2.42. The van der Waals surface area contributed by atoms with E-state index in [2.05, 4.69) is 17.1 Å². The number of sulfonamides is 1. The van der Waals surface area contributed by atoms with E-state index in [4.69, 9.17) is 0 Å². The number of aromatic nitrogens is 1. The summed E-state index contributed by atoms with van der Waals surface area (Å²) < 4.78 is 26.4. The first kappa shape index (κ1) is 16.4. The average Bonchev–Trinajstić information content (AvgIpc) is 2.97. The summed E-state index contributed by atoms with van der Waals surface area (Å²) in [5, 5.41) is 1.14. The van der Waals surface area contributed by atoms with Gasteiger partial charge in [0.05, 0.1) is 4.90 Å². The molecule has 0 bridgehead atoms. The average molecular weight is 354 g/mol. The number of nitrogens with one attached hydrogen (secondary N) is 1. The van der Waals surface area contributed by atoms with E-state index in [1.807, 2.05) is 30.3 Å². The summed E-state index contributed by atoms with van der Waals surface area (Å²) in [5.74, 6) is 0.525. The van der Waals surface area contributed by atoms with Crippen molar-refractivity contribution in [3.8, 4) is 11.3 Å². The maximum atomic E-state index is 12.6. The van der Waals surface area contributed by atoms with E-state index >= 15 is 0 Å². The molecule has 1 aromatic heterocycles. The smallest absolute Gasteiger partial charge is 0.242 e. The zero-order valence-corrected chi connectivity index (χ0v) is 15.3. The molecule has 1 N–H and O–H groups in total. The van der Waals surface area contributed by atoms with Gasteiger partial charge in [0.2, 0.25) is 10.0 Å². The number of aromatic amines is 1. The Morgan fingerprint density at radius 1 is 1.04 bits per heavy atom. The van der Waals surface area contributed by atoms with Gasteiger partial charge >= 0.3 is 0 Å². The number of benzene rings is 2. The Kier molecular flexibility index (Phi) is 3.93. The molecule has 1 fully saturated rings. The Morgan fingerprint density at radius 2 is 1.80 bits per heavy atom. The summed E-state index contributed by atoms with van der Waals surface area (Å²) in [6.07, 6.45) is 3.59. The topological polar surface area (TPSA) is 53.2 Å². The van der Waals surface area contributed by atoms with Gasteiger partial charge in [0.25, 0.3) is 0 Å². The molecule has 25 heavy (non-hydrogen) atoms. The Balaban J connectivity index is 1.91. The largest absolute Gasteiger partial charge is 0.355 e. The second kappa shape index (κ2) is 6.00. The number of fused-ring (bicyclic) bond motifs is 1. The van der Waals surface area contributed by atoms with Crippen LogP contribution in [0.2, 0.25) is 0 Å². The molecule has 0 aliphatic heterocycles. The highest BCUT2D eigenvalue weighted by atomic mass is 32.2. The molecular weight excluding hydrogens is 332 g/mol. The summed E-state index contributed by atoms with van der Waals surface area (Å²) in [4.78, 5) is 3.80. The highest BCUT2D eigenvalue weighted by molar-refractivity contribution is 7.89. The lowest BCUT2D eigenvalue weighted by Crippen LogP contribution is -2.22. The molecule has 0 spiro atoms. The number of hydrogen-bond donors (Lipinski definition) is 1. The standard InChI is InChI=1S/C20H22N2O2S/c1-22(2)25(23,24)16-10-11-17(14-7-5-8-14)18(13-16)20-12-15-6-3-4-9-19(15)21-20/h3-4,6,9-14,21H,5,7-8H2,1-2H3. The van der Waals surface area contributed by atoms with Gasteiger partial charge in [-0.1, -0.05) is 30.7 Å². The third-order valence-corrected chi connectivity index (χ3v) is 6.98. The maximum Gasteiger partial charge on any atom is 0.242 e. The SMILES string of the molecule is CN(C)S(=O)(=O)c1ccc(C2CCC2)c(-c2cc3ccccc3[nH]2)c1. The monoisotopic (exact) mass is 354 g/mol. The molecule has 4 rings (SSSR count). The number of rotatable bonds is 4. The third-order valence-electron chi connectivity index (χ3n) is 5.17. The van der Waals surface area contributed by atoms with Crippen LogP contribution in [0.1, 0.15) is 30.7 Å². The van der Waals surface area contributed by atoms with Crippen molar-refractivity contribution >= 4 is 20.9 Å². The first-order chi connectivity index (χ1) is 12.0. The molecule has 3 aromatic rings. The van der Waals surface area contributed by atoms with E-state index in [0.29, 0.717) is 10.8 Å². The molecule has 2 aromatic carbocycles. The second-order valence-electron chi connectivity index (χ2n) is 6.93. The first-order valence-corrected chi connectivity index (χ1v) is 10.1. The first-order valence-electron chi connectivity index (χ1n) is 8.61. The predicted molar refractivity (Wildman–Crippen MR) is 101 cm³/mol. The lowest BCUT2D eigenvalue weighted by Gasteiger charge is -2.28. The molecule has 5 heteroatoms. The fourth-order valence-electron chi connectivity index (χ4n) is 3.43. The quantitative estimate of drug-likeness (QED) is 0.757. The van der Waals surface area contributed by atoms with Crippen LogP contribution in [0.15, 0.2) is 53.4 Å². The zero-order chi connectivity index (χ0) is 17.6. The van der Waals surface area contributed by atoms with Crippen molar-refractivity contribution < 1.29 is 8.42 Å². The van der Waals surface area contributed by atoms with Gasteiger partial charge in [-0.3, -0.25) is 0 Å². The minimum absolute atomic E-state index is 0.342. The van der Waals surface area contributed by atoms with Gasteiger partial charge in [-0.25, -0.2) is 12.7 Å². The highest BCUT2D eigenvalue weighted by Gasteiger charge is 2.26. The summed E-state index contributed by atoms with van der Waals surface area (Å²) >= 11 is 0. The fourth-order valence-corrected chi connectivity index (χ4v) is 4.36. The predicted octanol–water partition coefficient (Wildman–Crippen LogP) is 4.35. The summed E-state index contributed by atoms with van der Waals surface area (Å²) in [6.45, 7) is 0. The van der Waals surface area contributed by atoms with E-state index in [1.54, 1.807) is 20.2 Å². The fraction of sp³-hybridized carbons (Fsp3) is 0.300. The maximum absolute atomic E-state index is 12.6. The molecule has 1 aliphatic carbocycles. The van der Waals surface area contributed by atoms with E-state index in [9.17, 15) is 8.42 Å². The van der Waals surface area contributed by atoms with Crippen molar-refractivity contribution in [2.45, 2.75) is 30.1 Å². The molecule has 1 aliphatic rings. The summed E-state index contributed by atoms with van der Waals surface area (Å²) in [7, 11) is -0.315. The van der Waals surface area contributed by atoms with Gasteiger partial charge in [-0.2, -0.15) is 0 Å². The molecule has 0 saturated heterocycles. The molecule has 0 atom stereocenters. The molecule has 1 saturated carbocycles. The number of hydrogen-bond acceptors (Lipinski definition) is 2. The molecule has 4 nitrogen and oxygen atoms in total. The van der Waals surface area contributed by atoms with Crippen molar-refractivity contribution in [1.29, 1.82) is 0 Å². The molecule has 1 heterocycles. The zero-order valence-electron chi connectivity index (χ0n) is 14.5. The van der Waals surface area contributed by atoms with Crippen LogP contribution in [0.25, 0.3) is 22.2 Å². The van der Waals surface area contributed by atoms with Crippen molar-refractivity contribution in [2.75, 3.05) is 14.1 Å². The Bertz CT molecular complexity index is 998. The number of para-hydroxylation sites is 1. The van der Waals surface area contributed by atoms with Crippen LogP contribution in [0.5, 0.6) is 0 Å². The molecular formula is C20H22N2O2S. The van der Waals surface area contributed by atoms with E-state index in [1.165, 1.54) is 29.1 Å². The Labute approximate surface area is 148 Å². The van der Waals surface area contributed by atoms with Gasteiger partial charge in [0.15, 0.2) is 0 Å². The van der Waals surface area contributed by atoms with E-state index in [-0.39, 0.29) is 0 Å². The third kappa shape index (κ3) is 2.77. The van der Waals surface area contributed by atoms with Gasteiger partial charge in [0, 0.05) is 36.3 Å². The van der Waals surface area contributed by atoms with Crippen LogP contribution < -0.4 is 0 Å². The van der Waals surface area contributed by atoms with Crippen LogP contribution in [0.4, 0.5) is 0 Å². The van der Waals surface area contributed by atoms with Gasteiger partial charge in [-0.05, 0) is 48.6 Å². The van der Waals surface area contributed by atoms with Crippen LogP contribution in [0.3, 0.4) is 0 Å². The van der Waals surface area contributed by atoms with Crippen LogP contribution >= 0.6 is 0 Å². The van der Waals surface area contributed by atoms with E-state index in [0.717, 1.165) is 22.2 Å². The van der Waals surface area contributed by atoms with Crippen LogP contribution in [-0.2, 0) is 10.0 Å². The molecule has 130 valence electrons. The molecule has 0 unspecified atom stereocenters. The van der Waals surface area contributed by atoms with Crippen molar-refractivity contribution in [2.24, 2.45) is 0 Å². The lowest BCUT2D eigenvalue weighted by molar-refractivity contribution is 0.420. The summed E-state index contributed by atoms with van der Waals surface area (Å²) in [5.41, 5.74) is 4.30. The number of H-pyrrole nitrogens is 1. The van der Waals surface area contributed by atoms with Crippen LogP contribution in [-0.4, -0.2) is 31.8 Å². The number of nitrogens with zero attached hydrogens (tertiary/aromatic N) is 1. The van der Waals surface area contributed by atoms with Crippen molar-refractivity contribution in [1.82, 2.24) is 9.29 Å². The minimum Gasteiger partial charge on any atom is -0.355 e. The Morgan fingerprint density at radius 3 is 2.44 bits per heavy atom. The van der Waals surface area contributed by atoms with Crippen molar-refractivity contribution in [3.63, 3.8) is 0 Å². The molecule has 0 radical (unpaired) electrons. The van der Waals surface area contributed by atoms with Crippen molar-refractivity contribution in [3.05, 3.63) is 54.1 Å². The normalized spacial score (nSPS) is 15.6. The van der Waals surface area contributed by atoms with Crippen LogP contribution in [0, 0.1) is 0 Å². The Hall–Kier alpha value is -2.11. The van der Waals surface area contributed by atoms with Gasteiger partial charge in [0.1, 0.15) is 0 Å². The molecule has 0 amide bonds. The minimum atomic E-state index is -3.45. The van der Waals surface area contributed by atoms with Gasteiger partial charge in [-0.15, -0.1) is 0 Å². The van der Waals surface area contributed by atoms with E-state index < -0.39 is 10.0 Å². The van der Waals surface area contributed by atoms with Gasteiger partial charge < -0.3 is 4.98 Å². The lowest BCUT2D eigenvalue weighted by atomic mass is 9.78.